The zero-order valence-corrected chi connectivity index (χ0v) is 27.0. The largest absolute Gasteiger partial charge is 0.455 e. The van der Waals surface area contributed by atoms with Crippen LogP contribution in [-0.4, -0.2) is 0 Å². The van der Waals surface area contributed by atoms with E-state index in [1.54, 1.807) is 0 Å². The van der Waals surface area contributed by atoms with Gasteiger partial charge in [0.05, 0.1) is 0 Å². The third kappa shape index (κ3) is 3.90. The normalized spacial score (nSPS) is 12.0. The van der Waals surface area contributed by atoms with E-state index in [2.05, 4.69) is 158 Å². The molecule has 2 heteroatoms. The summed E-state index contributed by atoms with van der Waals surface area (Å²) in [6.45, 7) is 0. The molecule has 8 aromatic carbocycles. The highest BCUT2D eigenvalue weighted by molar-refractivity contribution is 6.13. The van der Waals surface area contributed by atoms with Crippen LogP contribution in [0.1, 0.15) is 0 Å². The maximum atomic E-state index is 6.70. The minimum atomic E-state index is 0.870. The molecule has 1 aliphatic rings. The van der Waals surface area contributed by atoms with Crippen molar-refractivity contribution in [3.8, 4) is 66.8 Å². The van der Waals surface area contributed by atoms with E-state index in [1.165, 1.54) is 44.5 Å². The molecule has 0 aliphatic heterocycles. The Bertz CT molecular complexity index is 2980. The lowest BCUT2D eigenvalue weighted by Gasteiger charge is -2.23. The summed E-state index contributed by atoms with van der Waals surface area (Å²) in [6.07, 6.45) is 0. The van der Waals surface area contributed by atoms with Gasteiger partial charge >= 0.3 is 0 Å². The zero-order chi connectivity index (χ0) is 32.8. The van der Waals surface area contributed by atoms with E-state index in [4.69, 9.17) is 8.83 Å². The van der Waals surface area contributed by atoms with E-state index in [-0.39, 0.29) is 0 Å². The number of benzene rings is 8. The quantitative estimate of drug-likeness (QED) is 0.189. The van der Waals surface area contributed by atoms with Gasteiger partial charge in [0.15, 0.2) is 0 Å². The standard InChI is InChI=1S/C48H28O2/c1-2-12-34-33(11-1)35-13-3-4-15-37(35)39-25-23-29(27-43(39)38-16-6-5-14-36(34)38)31-19-10-21-42-44-28-30(24-26-46(44)50-48(31)42)32-18-9-20-41-40-17-7-8-22-45(40)49-47(32)41/h1-28H. The fourth-order valence-corrected chi connectivity index (χ4v) is 8.20. The highest BCUT2D eigenvalue weighted by atomic mass is 16.3. The van der Waals surface area contributed by atoms with Crippen molar-refractivity contribution in [2.24, 2.45) is 0 Å². The highest BCUT2D eigenvalue weighted by Gasteiger charge is 2.23. The molecular weight excluding hydrogens is 609 g/mol. The summed E-state index contributed by atoms with van der Waals surface area (Å²) in [5.74, 6) is 0. The predicted molar refractivity (Wildman–Crippen MR) is 207 cm³/mol. The topological polar surface area (TPSA) is 26.3 Å². The Morgan fingerprint density at radius 1 is 0.240 bits per heavy atom. The summed E-state index contributed by atoms with van der Waals surface area (Å²) in [4.78, 5) is 0. The molecular formula is C48H28O2. The van der Waals surface area contributed by atoms with Gasteiger partial charge in [-0.2, -0.15) is 0 Å². The average molecular weight is 637 g/mol. The van der Waals surface area contributed by atoms with Crippen molar-refractivity contribution in [2.45, 2.75) is 0 Å². The van der Waals surface area contributed by atoms with Crippen LogP contribution in [0, 0.1) is 0 Å². The second-order valence-electron chi connectivity index (χ2n) is 13.2. The number of hydrogen-bond acceptors (Lipinski definition) is 2. The summed E-state index contributed by atoms with van der Waals surface area (Å²) in [5, 5.41) is 4.46. The molecule has 2 heterocycles. The van der Waals surface area contributed by atoms with Gasteiger partial charge in [-0.1, -0.05) is 146 Å². The first-order valence-corrected chi connectivity index (χ1v) is 17.1. The first kappa shape index (κ1) is 27.3. The molecule has 50 heavy (non-hydrogen) atoms. The smallest absolute Gasteiger partial charge is 0.143 e. The molecule has 2 aromatic heterocycles. The molecule has 0 bridgehead atoms. The van der Waals surface area contributed by atoms with E-state index in [9.17, 15) is 0 Å². The molecule has 0 N–H and O–H groups in total. The Balaban J connectivity index is 1.11. The molecule has 232 valence electrons. The van der Waals surface area contributed by atoms with Gasteiger partial charge in [0.25, 0.3) is 0 Å². The summed E-state index contributed by atoms with van der Waals surface area (Å²) in [7, 11) is 0. The Morgan fingerprint density at radius 2 is 0.640 bits per heavy atom. The summed E-state index contributed by atoms with van der Waals surface area (Å²) in [5.41, 5.74) is 17.9. The van der Waals surface area contributed by atoms with Crippen molar-refractivity contribution in [1.82, 2.24) is 0 Å². The summed E-state index contributed by atoms with van der Waals surface area (Å²) < 4.78 is 13.1. The summed E-state index contributed by atoms with van der Waals surface area (Å²) in [6, 6.07) is 60.9. The van der Waals surface area contributed by atoms with E-state index >= 15 is 0 Å². The van der Waals surface area contributed by atoms with Crippen LogP contribution in [0.25, 0.3) is 111 Å². The van der Waals surface area contributed by atoms with Gasteiger partial charge < -0.3 is 8.83 Å². The minimum absolute atomic E-state index is 0.870. The number of rotatable bonds is 2. The monoisotopic (exact) mass is 636 g/mol. The number of furan rings is 2. The lowest BCUT2D eigenvalue weighted by atomic mass is 9.80. The van der Waals surface area contributed by atoms with Gasteiger partial charge in [-0.25, -0.2) is 0 Å². The van der Waals surface area contributed by atoms with E-state index in [0.717, 1.165) is 66.1 Å². The Kier molecular flexibility index (Phi) is 5.70. The first-order chi connectivity index (χ1) is 24.8. The second-order valence-corrected chi connectivity index (χ2v) is 13.2. The number of hydrogen-bond donors (Lipinski definition) is 0. The Labute approximate surface area is 288 Å². The molecule has 2 nitrogen and oxygen atoms in total. The van der Waals surface area contributed by atoms with Crippen LogP contribution in [-0.2, 0) is 0 Å². The van der Waals surface area contributed by atoms with Gasteiger partial charge in [-0.3, -0.25) is 0 Å². The van der Waals surface area contributed by atoms with Gasteiger partial charge in [0, 0.05) is 32.7 Å². The second kappa shape index (κ2) is 10.4. The van der Waals surface area contributed by atoms with Crippen molar-refractivity contribution in [3.63, 3.8) is 0 Å². The molecule has 10 aromatic rings. The molecule has 1 aliphatic carbocycles. The van der Waals surface area contributed by atoms with E-state index < -0.39 is 0 Å². The van der Waals surface area contributed by atoms with Crippen LogP contribution < -0.4 is 0 Å². The average Bonchev–Trinajstić information content (AvgIpc) is 3.75. The SMILES string of the molecule is c1ccc2c(c1)-c1ccccc1-c1ccc(-c3cccc4c3oc3ccc(-c5cccc6c5oc5ccccc56)cc34)cc1-c1ccccc1-2. The summed E-state index contributed by atoms with van der Waals surface area (Å²) >= 11 is 0. The maximum Gasteiger partial charge on any atom is 0.143 e. The third-order valence-electron chi connectivity index (χ3n) is 10.5. The fraction of sp³-hybridized carbons (Fsp3) is 0. The molecule has 0 spiro atoms. The predicted octanol–water partition coefficient (Wildman–Crippen LogP) is 13.8. The molecule has 0 radical (unpaired) electrons. The molecule has 0 atom stereocenters. The first-order valence-electron chi connectivity index (χ1n) is 17.1. The zero-order valence-electron chi connectivity index (χ0n) is 27.0. The molecule has 0 unspecified atom stereocenters. The molecule has 0 amide bonds. The van der Waals surface area contributed by atoms with E-state index in [1.807, 2.05) is 12.1 Å². The van der Waals surface area contributed by atoms with Gasteiger partial charge in [-0.05, 0) is 79.9 Å². The van der Waals surface area contributed by atoms with Crippen molar-refractivity contribution in [3.05, 3.63) is 170 Å². The van der Waals surface area contributed by atoms with Crippen molar-refractivity contribution >= 4 is 43.9 Å². The van der Waals surface area contributed by atoms with Crippen LogP contribution >= 0.6 is 0 Å². The lowest BCUT2D eigenvalue weighted by Crippen LogP contribution is -1.97. The lowest BCUT2D eigenvalue weighted by molar-refractivity contribution is 0.669. The van der Waals surface area contributed by atoms with Gasteiger partial charge in [0.2, 0.25) is 0 Å². The van der Waals surface area contributed by atoms with Crippen LogP contribution in [0.15, 0.2) is 179 Å². The minimum Gasteiger partial charge on any atom is -0.455 e. The van der Waals surface area contributed by atoms with Crippen LogP contribution in [0.3, 0.4) is 0 Å². The highest BCUT2D eigenvalue weighted by Crippen LogP contribution is 2.49. The van der Waals surface area contributed by atoms with Crippen molar-refractivity contribution < 1.29 is 8.83 Å². The molecule has 0 saturated heterocycles. The molecule has 0 fully saturated rings. The van der Waals surface area contributed by atoms with E-state index in [0.29, 0.717) is 0 Å². The van der Waals surface area contributed by atoms with Crippen LogP contribution in [0.4, 0.5) is 0 Å². The maximum absolute atomic E-state index is 6.70. The fourth-order valence-electron chi connectivity index (χ4n) is 8.20. The van der Waals surface area contributed by atoms with Crippen molar-refractivity contribution in [2.75, 3.05) is 0 Å². The van der Waals surface area contributed by atoms with Gasteiger partial charge in [0.1, 0.15) is 22.3 Å². The Morgan fingerprint density at radius 3 is 1.24 bits per heavy atom. The number of para-hydroxylation sites is 3. The van der Waals surface area contributed by atoms with Crippen LogP contribution in [0.2, 0.25) is 0 Å². The number of fused-ring (bicyclic) bond motifs is 14. The van der Waals surface area contributed by atoms with Crippen molar-refractivity contribution in [1.29, 1.82) is 0 Å². The third-order valence-corrected chi connectivity index (χ3v) is 10.5. The molecule has 0 saturated carbocycles. The Hall–Kier alpha value is -6.64. The van der Waals surface area contributed by atoms with Crippen LogP contribution in [0.5, 0.6) is 0 Å². The van der Waals surface area contributed by atoms with Gasteiger partial charge in [-0.15, -0.1) is 0 Å². The molecule has 11 rings (SSSR count).